The molecule has 0 saturated carbocycles. The minimum Gasteiger partial charge on any atom is -0.330 e. The van der Waals surface area contributed by atoms with E-state index < -0.39 is 9.84 Å². The summed E-state index contributed by atoms with van der Waals surface area (Å²) in [6, 6.07) is 2.81. The SMILES string of the molecule is O=S1(=O)CCCC(n2c(=S)[nH]c3cc(F)c(Br)cc32)C1. The number of hydrogen-bond donors (Lipinski definition) is 1. The van der Waals surface area contributed by atoms with E-state index in [2.05, 4.69) is 20.9 Å². The normalized spacial score (nSPS) is 22.2. The number of benzene rings is 1. The number of aromatic amines is 1. The zero-order chi connectivity index (χ0) is 14.5. The van der Waals surface area contributed by atoms with Crippen LogP contribution in [0.15, 0.2) is 16.6 Å². The lowest BCUT2D eigenvalue weighted by Crippen LogP contribution is -2.27. The van der Waals surface area contributed by atoms with Gasteiger partial charge in [0, 0.05) is 6.07 Å². The van der Waals surface area contributed by atoms with Crippen LogP contribution in [0.4, 0.5) is 4.39 Å². The van der Waals surface area contributed by atoms with Crippen LogP contribution in [-0.4, -0.2) is 29.5 Å². The highest BCUT2D eigenvalue weighted by Gasteiger charge is 2.27. The van der Waals surface area contributed by atoms with Crippen molar-refractivity contribution < 1.29 is 12.8 Å². The monoisotopic (exact) mass is 378 g/mol. The molecule has 0 aliphatic carbocycles. The van der Waals surface area contributed by atoms with Gasteiger partial charge in [-0.2, -0.15) is 0 Å². The Kier molecular flexibility index (Phi) is 3.50. The first-order valence-electron chi connectivity index (χ1n) is 6.17. The van der Waals surface area contributed by atoms with E-state index in [9.17, 15) is 12.8 Å². The van der Waals surface area contributed by atoms with Gasteiger partial charge in [-0.3, -0.25) is 0 Å². The van der Waals surface area contributed by atoms with Gasteiger partial charge >= 0.3 is 0 Å². The highest BCUT2D eigenvalue weighted by Crippen LogP contribution is 2.30. The van der Waals surface area contributed by atoms with Gasteiger partial charge in [0.2, 0.25) is 0 Å². The molecule has 2 heterocycles. The molecular weight excluding hydrogens is 367 g/mol. The number of aromatic nitrogens is 2. The van der Waals surface area contributed by atoms with Crippen LogP contribution in [0, 0.1) is 10.6 Å². The smallest absolute Gasteiger partial charge is 0.178 e. The molecule has 0 radical (unpaired) electrons. The molecule has 1 unspecified atom stereocenters. The second-order valence-electron chi connectivity index (χ2n) is 4.99. The molecule has 0 amide bonds. The van der Waals surface area contributed by atoms with E-state index in [-0.39, 0.29) is 23.4 Å². The number of nitrogens with one attached hydrogen (secondary N) is 1. The molecule has 1 N–H and O–H groups in total. The Balaban J connectivity index is 2.18. The molecule has 2 aromatic rings. The minimum absolute atomic E-state index is 0.0866. The van der Waals surface area contributed by atoms with Gasteiger partial charge in [-0.05, 0) is 47.1 Å². The van der Waals surface area contributed by atoms with Crippen molar-refractivity contribution in [2.24, 2.45) is 0 Å². The quantitative estimate of drug-likeness (QED) is 0.774. The summed E-state index contributed by atoms with van der Waals surface area (Å²) in [6.07, 6.45) is 1.39. The first-order chi connectivity index (χ1) is 9.37. The Morgan fingerprint density at radius 3 is 2.90 bits per heavy atom. The maximum Gasteiger partial charge on any atom is 0.178 e. The summed E-state index contributed by atoms with van der Waals surface area (Å²) in [5, 5.41) is 0. The standard InChI is InChI=1S/C12H12BrFN2O2S2/c13-8-4-11-10(5-9(8)14)15-12(19)16(11)7-2-1-3-20(17,18)6-7/h4-5,7H,1-3,6H2,(H,15,19). The highest BCUT2D eigenvalue weighted by molar-refractivity contribution is 9.10. The molecule has 1 aromatic heterocycles. The highest BCUT2D eigenvalue weighted by atomic mass is 79.9. The zero-order valence-electron chi connectivity index (χ0n) is 10.4. The van der Waals surface area contributed by atoms with Crippen LogP contribution in [0.1, 0.15) is 18.9 Å². The molecule has 1 aliphatic heterocycles. The average Bonchev–Trinajstić information content (AvgIpc) is 2.64. The van der Waals surface area contributed by atoms with Crippen LogP contribution in [-0.2, 0) is 9.84 Å². The topological polar surface area (TPSA) is 54.9 Å². The van der Waals surface area contributed by atoms with Gasteiger partial charge in [-0.25, -0.2) is 12.8 Å². The van der Waals surface area contributed by atoms with E-state index in [1.807, 2.05) is 0 Å². The molecule has 0 spiro atoms. The van der Waals surface area contributed by atoms with E-state index in [0.29, 0.717) is 21.2 Å². The van der Waals surface area contributed by atoms with Crippen LogP contribution < -0.4 is 0 Å². The number of imidazole rings is 1. The van der Waals surface area contributed by atoms with Gasteiger partial charge in [0.1, 0.15) is 5.82 Å². The summed E-state index contributed by atoms with van der Waals surface area (Å²) in [6.45, 7) is 0. The van der Waals surface area contributed by atoms with Crippen molar-refractivity contribution in [2.45, 2.75) is 18.9 Å². The maximum atomic E-state index is 13.5. The summed E-state index contributed by atoms with van der Waals surface area (Å²) >= 11 is 8.42. The van der Waals surface area contributed by atoms with E-state index in [0.717, 1.165) is 11.9 Å². The number of nitrogens with zero attached hydrogens (tertiary/aromatic N) is 1. The van der Waals surface area contributed by atoms with Crippen molar-refractivity contribution in [3.8, 4) is 0 Å². The third-order valence-electron chi connectivity index (χ3n) is 3.56. The predicted octanol–water partition coefficient (Wildman–Crippen LogP) is 3.35. The van der Waals surface area contributed by atoms with Gasteiger partial charge in [0.15, 0.2) is 14.6 Å². The average molecular weight is 379 g/mol. The van der Waals surface area contributed by atoms with E-state index in [1.165, 1.54) is 6.07 Å². The van der Waals surface area contributed by atoms with Gasteiger partial charge < -0.3 is 9.55 Å². The molecule has 3 rings (SSSR count). The minimum atomic E-state index is -3.03. The summed E-state index contributed by atoms with van der Waals surface area (Å²) in [5.41, 5.74) is 1.31. The van der Waals surface area contributed by atoms with E-state index in [4.69, 9.17) is 12.2 Å². The van der Waals surface area contributed by atoms with E-state index in [1.54, 1.807) is 10.6 Å². The van der Waals surface area contributed by atoms with Crippen LogP contribution in [0.25, 0.3) is 11.0 Å². The fourth-order valence-electron chi connectivity index (χ4n) is 2.69. The van der Waals surface area contributed by atoms with Gasteiger partial charge in [-0.1, -0.05) is 0 Å². The summed E-state index contributed by atoms with van der Waals surface area (Å²) in [4.78, 5) is 2.94. The van der Waals surface area contributed by atoms with Crippen molar-refractivity contribution in [1.82, 2.24) is 9.55 Å². The Morgan fingerprint density at radius 1 is 1.45 bits per heavy atom. The Labute approximate surface area is 129 Å². The maximum absolute atomic E-state index is 13.5. The lowest BCUT2D eigenvalue weighted by Gasteiger charge is -2.23. The number of hydrogen-bond acceptors (Lipinski definition) is 3. The van der Waals surface area contributed by atoms with Crippen LogP contribution in [0.5, 0.6) is 0 Å². The first-order valence-corrected chi connectivity index (χ1v) is 9.19. The van der Waals surface area contributed by atoms with Crippen molar-refractivity contribution in [2.75, 3.05) is 11.5 Å². The molecule has 0 bridgehead atoms. The number of rotatable bonds is 1. The molecular formula is C12H12BrFN2O2S2. The molecule has 1 atom stereocenters. The second kappa shape index (κ2) is 4.92. The van der Waals surface area contributed by atoms with Crippen molar-refractivity contribution in [3.63, 3.8) is 0 Å². The van der Waals surface area contributed by atoms with E-state index >= 15 is 0 Å². The Hall–Kier alpha value is -0.730. The Bertz CT molecular complexity index is 841. The molecule has 4 nitrogen and oxygen atoms in total. The fraction of sp³-hybridized carbons (Fsp3) is 0.417. The van der Waals surface area contributed by atoms with Crippen LogP contribution >= 0.6 is 28.1 Å². The van der Waals surface area contributed by atoms with Gasteiger partial charge in [-0.15, -0.1) is 0 Å². The fourth-order valence-corrected chi connectivity index (χ4v) is 5.05. The summed E-state index contributed by atoms with van der Waals surface area (Å²) in [7, 11) is -3.03. The van der Waals surface area contributed by atoms with Crippen LogP contribution in [0.2, 0.25) is 0 Å². The molecule has 1 fully saturated rings. The zero-order valence-corrected chi connectivity index (χ0v) is 13.6. The van der Waals surface area contributed by atoms with Crippen molar-refractivity contribution in [1.29, 1.82) is 0 Å². The molecule has 20 heavy (non-hydrogen) atoms. The van der Waals surface area contributed by atoms with Gasteiger partial charge in [0.05, 0.1) is 33.1 Å². The third-order valence-corrected chi connectivity index (χ3v) is 6.27. The van der Waals surface area contributed by atoms with Gasteiger partial charge in [0.25, 0.3) is 0 Å². The first kappa shape index (κ1) is 14.2. The molecule has 1 saturated heterocycles. The molecule has 1 aromatic carbocycles. The predicted molar refractivity (Wildman–Crippen MR) is 81.7 cm³/mol. The summed E-state index contributed by atoms with van der Waals surface area (Å²) in [5.74, 6) is -0.0574. The molecule has 1 aliphatic rings. The van der Waals surface area contributed by atoms with Crippen molar-refractivity contribution >= 4 is 49.0 Å². The van der Waals surface area contributed by atoms with Crippen LogP contribution in [0.3, 0.4) is 0 Å². The number of H-pyrrole nitrogens is 1. The lowest BCUT2D eigenvalue weighted by atomic mass is 10.2. The number of fused-ring (bicyclic) bond motifs is 1. The lowest BCUT2D eigenvalue weighted by molar-refractivity contribution is 0.475. The molecule has 108 valence electrons. The second-order valence-corrected chi connectivity index (χ2v) is 8.46. The largest absolute Gasteiger partial charge is 0.330 e. The van der Waals surface area contributed by atoms with Crippen molar-refractivity contribution in [3.05, 3.63) is 27.2 Å². The Morgan fingerprint density at radius 2 is 2.20 bits per heavy atom. The number of sulfone groups is 1. The number of halogens is 2. The molecule has 8 heteroatoms. The third kappa shape index (κ3) is 2.44. The summed E-state index contributed by atoms with van der Waals surface area (Å²) < 4.78 is 39.7.